The number of ether oxygens (including phenoxy) is 13. The lowest BCUT2D eigenvalue weighted by Crippen LogP contribution is -2.69. The van der Waals surface area contributed by atoms with Crippen molar-refractivity contribution in [2.24, 2.45) is 0 Å². The molecule has 7 aliphatic heterocycles. The molecular formula is C48H81N3O35. The molecule has 0 saturated carbocycles. The Hall–Kier alpha value is -2.87. The third-order valence-electron chi connectivity index (χ3n) is 15.7. The number of hydrogen-bond donors (Lipinski definition) is 22. The minimum Gasteiger partial charge on any atom is -0.394 e. The van der Waals surface area contributed by atoms with Crippen molar-refractivity contribution in [3.8, 4) is 0 Å². The molecule has 22 N–H and O–H groups in total. The molecule has 7 saturated heterocycles. The molecule has 38 nitrogen and oxygen atoms in total. The Morgan fingerprint density at radius 1 is 0.337 bits per heavy atom. The molecule has 0 spiro atoms. The second-order valence-electron chi connectivity index (χ2n) is 21.7. The number of carbonyl (C=O) groups excluding carboxylic acids is 3. The van der Waals surface area contributed by atoms with E-state index in [4.69, 9.17) is 61.6 Å². The number of aliphatic hydroxyl groups is 19. The Bertz CT molecular complexity index is 2150. The zero-order chi connectivity index (χ0) is 63.3. The molecule has 34 atom stereocenters. The zero-order valence-corrected chi connectivity index (χ0v) is 46.3. The minimum atomic E-state index is -2.31. The average molecular weight is 1260 g/mol. The third kappa shape index (κ3) is 15.5. The quantitative estimate of drug-likeness (QED) is 0.0479. The molecule has 0 aromatic rings. The van der Waals surface area contributed by atoms with Gasteiger partial charge in [-0.25, -0.2) is 0 Å². The first-order valence-electron chi connectivity index (χ1n) is 27.5. The van der Waals surface area contributed by atoms with E-state index in [1.165, 1.54) is 0 Å². The Balaban J connectivity index is 1.20. The van der Waals surface area contributed by atoms with Crippen LogP contribution in [-0.4, -0.2) is 376 Å². The molecule has 38 heteroatoms. The zero-order valence-electron chi connectivity index (χ0n) is 46.3. The summed E-state index contributed by atoms with van der Waals surface area (Å²) in [5, 5.41) is 214. The van der Waals surface area contributed by atoms with Gasteiger partial charge in [-0.2, -0.15) is 0 Å². The molecule has 7 heterocycles. The maximum atomic E-state index is 12.7. The Morgan fingerprint density at radius 3 is 1.21 bits per heavy atom. The van der Waals surface area contributed by atoms with E-state index in [0.717, 1.165) is 20.8 Å². The highest BCUT2D eigenvalue weighted by atomic mass is 16.8. The van der Waals surface area contributed by atoms with Gasteiger partial charge in [0.25, 0.3) is 0 Å². The molecule has 0 unspecified atom stereocenters. The monoisotopic (exact) mass is 1260 g/mol. The minimum absolute atomic E-state index is 0.364. The van der Waals surface area contributed by atoms with Crippen LogP contribution in [0.4, 0.5) is 0 Å². The third-order valence-corrected chi connectivity index (χ3v) is 15.7. The molecule has 7 fully saturated rings. The van der Waals surface area contributed by atoms with E-state index in [2.05, 4.69) is 16.0 Å². The molecule has 86 heavy (non-hydrogen) atoms. The largest absolute Gasteiger partial charge is 0.394 e. The van der Waals surface area contributed by atoms with Gasteiger partial charge in [-0.1, -0.05) is 0 Å². The summed E-state index contributed by atoms with van der Waals surface area (Å²) in [6.45, 7) is -4.05. The van der Waals surface area contributed by atoms with Crippen molar-refractivity contribution < 1.29 is 173 Å². The van der Waals surface area contributed by atoms with Gasteiger partial charge in [0, 0.05) is 20.8 Å². The summed E-state index contributed by atoms with van der Waals surface area (Å²) in [5.41, 5.74) is 0. The van der Waals surface area contributed by atoms with Crippen LogP contribution in [0, 0.1) is 0 Å². The van der Waals surface area contributed by atoms with E-state index in [-0.39, 0.29) is 6.61 Å². The van der Waals surface area contributed by atoms with Crippen LogP contribution < -0.4 is 16.0 Å². The molecule has 0 aliphatic carbocycles. The van der Waals surface area contributed by atoms with E-state index >= 15 is 0 Å². The highest BCUT2D eigenvalue weighted by Gasteiger charge is 2.58. The number of amides is 3. The fourth-order valence-corrected chi connectivity index (χ4v) is 11.0. The average Bonchev–Trinajstić information content (AvgIpc) is 1.46. The molecule has 3 amide bonds. The number of aliphatic hydroxyl groups excluding tert-OH is 19. The summed E-state index contributed by atoms with van der Waals surface area (Å²) in [6, 6.07) is -4.70. The second-order valence-corrected chi connectivity index (χ2v) is 21.7. The molecule has 498 valence electrons. The first-order valence-corrected chi connectivity index (χ1v) is 27.5. The van der Waals surface area contributed by atoms with Crippen LogP contribution in [-0.2, 0) is 76.0 Å². The van der Waals surface area contributed by atoms with Gasteiger partial charge in [-0.05, 0) is 0 Å². The summed E-state index contributed by atoms with van der Waals surface area (Å²) in [7, 11) is 0. The fraction of sp³-hybridized carbons (Fsp3) is 0.938. The van der Waals surface area contributed by atoms with Crippen molar-refractivity contribution in [1.29, 1.82) is 0 Å². The van der Waals surface area contributed by atoms with E-state index < -0.39 is 272 Å². The lowest BCUT2D eigenvalue weighted by atomic mass is 9.94. The van der Waals surface area contributed by atoms with Crippen molar-refractivity contribution in [1.82, 2.24) is 16.0 Å². The van der Waals surface area contributed by atoms with Crippen molar-refractivity contribution in [2.45, 2.75) is 229 Å². The van der Waals surface area contributed by atoms with Gasteiger partial charge in [0.05, 0.1) is 58.9 Å². The van der Waals surface area contributed by atoms with E-state index in [0.29, 0.717) is 0 Å². The number of rotatable bonds is 22. The van der Waals surface area contributed by atoms with Crippen LogP contribution >= 0.6 is 0 Å². The van der Waals surface area contributed by atoms with Gasteiger partial charge in [-0.3, -0.25) is 14.4 Å². The van der Waals surface area contributed by atoms with Crippen molar-refractivity contribution in [3.05, 3.63) is 0 Å². The summed E-state index contributed by atoms with van der Waals surface area (Å²) in [5.74, 6) is -2.31. The Kier molecular flexibility index (Phi) is 25.4. The fourth-order valence-electron chi connectivity index (χ4n) is 11.0. The smallest absolute Gasteiger partial charge is 0.217 e. The topological polar surface area (TPSA) is 592 Å². The van der Waals surface area contributed by atoms with Gasteiger partial charge in [0.1, 0.15) is 165 Å². The van der Waals surface area contributed by atoms with E-state index in [1.807, 2.05) is 0 Å². The molecule has 7 aliphatic rings. The summed E-state index contributed by atoms with van der Waals surface area (Å²) < 4.78 is 76.3. The normalized spacial score (nSPS) is 48.5. The molecule has 0 aromatic heterocycles. The van der Waals surface area contributed by atoms with Gasteiger partial charge >= 0.3 is 0 Å². The van der Waals surface area contributed by atoms with E-state index in [9.17, 15) is 111 Å². The van der Waals surface area contributed by atoms with Crippen molar-refractivity contribution in [2.75, 3.05) is 52.9 Å². The van der Waals surface area contributed by atoms with Crippen LogP contribution in [0.15, 0.2) is 0 Å². The Morgan fingerprint density at radius 2 is 0.709 bits per heavy atom. The SMILES string of the molecule is CC(=O)N[C@H]1[C@H](O[C@@H]2[C@@H](OC[C@H]3O[C@@H](O[C@H]4[C@H](O)[C@@H](NC(C)=O)CO[C@@H]4CO)[C@@H](O)[C@@H](O[C@H]4O[C@H](CO)[C@@H](O)[C@H](O)[C@@H]4O[C@@H]4O[C@H](CO)[C@@H](O)[C@H](O)[C@H]4NC(C)=O)[C@@H]3O)O[C@H](CO)[C@@H](O)[C@@H]2O)O[C@H](CO)[C@@H](O[C@@H]2O[C@H](CO)[C@H](O)[C@H](O)[C@H]2O)[C@@H]1O. The van der Waals surface area contributed by atoms with Crippen molar-refractivity contribution >= 4 is 17.7 Å². The Labute approximate surface area is 488 Å². The number of carbonyl (C=O) groups is 3. The van der Waals surface area contributed by atoms with Crippen LogP contribution in [0.1, 0.15) is 20.8 Å². The predicted octanol–water partition coefficient (Wildman–Crippen LogP) is -15.2. The lowest BCUT2D eigenvalue weighted by Gasteiger charge is -2.50. The first-order chi connectivity index (χ1) is 40.7. The van der Waals surface area contributed by atoms with E-state index in [1.54, 1.807) is 0 Å². The standard InChI is InChI=1S/C48H81N3O35/c1-12(58)49-15-10-74-20(8-56)38(25(15)61)82-46-37(73)40(84-48-42(35(71)29(65)19(7-55)79-48)86-43-23(50-13(2)59)31(67)26(62)16(4-52)76-43)30(66)22(81-46)11-75-47-41(34(70)28(64)18(6-54)78-47)85-44-24(51-14(3)60)32(68)39(21(9-57)80-44)83-45-36(72)33(69)27(63)17(5-53)77-45/h15-48,52-57,61-73H,4-11H2,1-3H3,(H,49,58)(H,50,59)(H,51,60)/t15-,16+,17+,18+,19+,20+,21+,22+,23+,24+,25+,26+,27-,28+,29+,30+,31+,32+,33-,34-,35-,36+,37-,38+,39+,40-,41-,42-,43-,44-,45-,46-,47-,48+/m0/s1. The highest BCUT2D eigenvalue weighted by Crippen LogP contribution is 2.37. The molecular weight excluding hydrogens is 1180 g/mol. The summed E-state index contributed by atoms with van der Waals surface area (Å²) in [6.07, 6.45) is -60.2. The maximum Gasteiger partial charge on any atom is 0.217 e. The van der Waals surface area contributed by atoms with Gasteiger partial charge < -0.3 is 175 Å². The molecule has 7 rings (SSSR count). The van der Waals surface area contributed by atoms with Crippen molar-refractivity contribution in [3.63, 3.8) is 0 Å². The van der Waals surface area contributed by atoms with Crippen LogP contribution in [0.25, 0.3) is 0 Å². The van der Waals surface area contributed by atoms with Crippen LogP contribution in [0.2, 0.25) is 0 Å². The maximum absolute atomic E-state index is 12.7. The predicted molar refractivity (Wildman–Crippen MR) is 265 cm³/mol. The molecule has 0 aromatic carbocycles. The molecule has 0 bridgehead atoms. The van der Waals surface area contributed by atoms with Gasteiger partial charge in [0.2, 0.25) is 17.7 Å². The number of hydrogen-bond acceptors (Lipinski definition) is 35. The highest BCUT2D eigenvalue weighted by molar-refractivity contribution is 5.74. The summed E-state index contributed by atoms with van der Waals surface area (Å²) >= 11 is 0. The molecule has 0 radical (unpaired) electrons. The van der Waals surface area contributed by atoms with Crippen LogP contribution in [0.3, 0.4) is 0 Å². The summed E-state index contributed by atoms with van der Waals surface area (Å²) in [4.78, 5) is 37.1. The second kappa shape index (κ2) is 31.0. The first kappa shape index (κ1) is 70.6. The number of nitrogens with one attached hydrogen (secondary N) is 3. The van der Waals surface area contributed by atoms with Gasteiger partial charge in [0.15, 0.2) is 37.7 Å². The van der Waals surface area contributed by atoms with Crippen LogP contribution in [0.5, 0.6) is 0 Å². The lowest BCUT2D eigenvalue weighted by molar-refractivity contribution is -0.393. The van der Waals surface area contributed by atoms with Gasteiger partial charge in [-0.15, -0.1) is 0 Å².